The minimum absolute atomic E-state index is 0.596. The third-order valence-electron chi connectivity index (χ3n) is 1.48. The highest BCUT2D eigenvalue weighted by molar-refractivity contribution is 4.65. The van der Waals surface area contributed by atoms with Crippen molar-refractivity contribution >= 4 is 0 Å². The zero-order chi connectivity index (χ0) is 9.94. The van der Waals surface area contributed by atoms with Crippen molar-refractivity contribution in [2.45, 2.75) is 32.5 Å². The van der Waals surface area contributed by atoms with Crippen molar-refractivity contribution in [2.24, 2.45) is 5.92 Å². The summed E-state index contributed by atoms with van der Waals surface area (Å²) in [6.07, 6.45) is -5.81. The highest BCUT2D eigenvalue weighted by Crippen LogP contribution is 2.25. The van der Waals surface area contributed by atoms with Crippen LogP contribution in [-0.2, 0) is 0 Å². The van der Waals surface area contributed by atoms with Crippen LogP contribution in [0.15, 0.2) is 0 Å². The van der Waals surface area contributed by atoms with Gasteiger partial charge < -0.3 is 0 Å². The Bertz CT molecular complexity index is 167. The van der Waals surface area contributed by atoms with Gasteiger partial charge in [0.15, 0.2) is 0 Å². The highest BCUT2D eigenvalue weighted by Gasteiger charge is 2.39. The molecule has 0 amide bonds. The summed E-state index contributed by atoms with van der Waals surface area (Å²) in [5.74, 6) is -0.596. The Balaban J connectivity index is 4.25. The van der Waals surface area contributed by atoms with E-state index in [0.717, 1.165) is 0 Å². The standard InChI is InChI=1S/C6H10F3NO2/c1-4(2)5(10(11)12)3-6(7,8)9/h4-5H,3H2,1-2H3. The zero-order valence-corrected chi connectivity index (χ0v) is 6.76. The molecule has 1 atom stereocenters. The Morgan fingerprint density at radius 3 is 1.92 bits per heavy atom. The van der Waals surface area contributed by atoms with E-state index in [1.54, 1.807) is 0 Å². The van der Waals surface area contributed by atoms with Crippen molar-refractivity contribution in [3.05, 3.63) is 10.1 Å². The lowest BCUT2D eigenvalue weighted by molar-refractivity contribution is -0.538. The van der Waals surface area contributed by atoms with Crippen molar-refractivity contribution in [1.82, 2.24) is 0 Å². The van der Waals surface area contributed by atoms with E-state index in [0.29, 0.717) is 0 Å². The van der Waals surface area contributed by atoms with E-state index >= 15 is 0 Å². The number of halogens is 3. The summed E-state index contributed by atoms with van der Waals surface area (Å²) in [5.41, 5.74) is 0. The van der Waals surface area contributed by atoms with Gasteiger partial charge in [0, 0.05) is 10.8 Å². The first-order valence-corrected chi connectivity index (χ1v) is 3.44. The van der Waals surface area contributed by atoms with Crippen molar-refractivity contribution in [1.29, 1.82) is 0 Å². The zero-order valence-electron chi connectivity index (χ0n) is 6.76. The van der Waals surface area contributed by atoms with Gasteiger partial charge in [-0.2, -0.15) is 13.2 Å². The molecule has 0 fully saturated rings. The average Bonchev–Trinajstić information content (AvgIpc) is 1.79. The fourth-order valence-electron chi connectivity index (χ4n) is 0.791. The van der Waals surface area contributed by atoms with Crippen LogP contribution in [0.1, 0.15) is 20.3 Å². The Kier molecular flexibility index (Phi) is 3.48. The van der Waals surface area contributed by atoms with Crippen LogP contribution >= 0.6 is 0 Å². The molecular weight excluding hydrogens is 175 g/mol. The van der Waals surface area contributed by atoms with Crippen LogP contribution in [0.2, 0.25) is 0 Å². The maximum Gasteiger partial charge on any atom is 0.395 e. The van der Waals surface area contributed by atoms with E-state index in [2.05, 4.69) is 0 Å². The van der Waals surface area contributed by atoms with E-state index in [1.165, 1.54) is 13.8 Å². The van der Waals surface area contributed by atoms with E-state index in [9.17, 15) is 23.3 Å². The third kappa shape index (κ3) is 4.15. The summed E-state index contributed by atoms with van der Waals surface area (Å²) >= 11 is 0. The molecule has 0 aliphatic carbocycles. The van der Waals surface area contributed by atoms with Gasteiger partial charge in [0.2, 0.25) is 6.04 Å². The highest BCUT2D eigenvalue weighted by atomic mass is 19.4. The second kappa shape index (κ2) is 3.73. The summed E-state index contributed by atoms with van der Waals surface area (Å²) in [6.45, 7) is 2.80. The number of alkyl halides is 3. The molecule has 0 aliphatic heterocycles. The van der Waals surface area contributed by atoms with E-state index in [-0.39, 0.29) is 0 Å². The summed E-state index contributed by atoms with van der Waals surface area (Å²) in [5, 5.41) is 10.1. The second-order valence-electron chi connectivity index (χ2n) is 2.92. The predicted molar refractivity (Wildman–Crippen MR) is 36.3 cm³/mol. The molecule has 0 saturated carbocycles. The van der Waals surface area contributed by atoms with Crippen molar-refractivity contribution in [3.63, 3.8) is 0 Å². The molecule has 0 saturated heterocycles. The number of nitro groups is 1. The quantitative estimate of drug-likeness (QED) is 0.499. The SMILES string of the molecule is CC(C)C(CC(F)(F)F)[N+](=O)[O-]. The molecule has 12 heavy (non-hydrogen) atoms. The summed E-state index contributed by atoms with van der Waals surface area (Å²) < 4.78 is 35.2. The first-order valence-electron chi connectivity index (χ1n) is 3.44. The second-order valence-corrected chi connectivity index (χ2v) is 2.92. The molecule has 0 heterocycles. The lowest BCUT2D eigenvalue weighted by atomic mass is 10.0. The fourth-order valence-corrected chi connectivity index (χ4v) is 0.791. The lowest BCUT2D eigenvalue weighted by Gasteiger charge is -2.14. The van der Waals surface area contributed by atoms with Gasteiger partial charge in [-0.15, -0.1) is 0 Å². The Morgan fingerprint density at radius 2 is 1.83 bits per heavy atom. The summed E-state index contributed by atoms with van der Waals surface area (Å²) in [4.78, 5) is 9.25. The van der Waals surface area contributed by atoms with Gasteiger partial charge in [-0.05, 0) is 0 Å². The fraction of sp³-hybridized carbons (Fsp3) is 1.00. The maximum atomic E-state index is 11.7. The van der Waals surface area contributed by atoms with Crippen LogP contribution in [0.4, 0.5) is 13.2 Å². The van der Waals surface area contributed by atoms with Gasteiger partial charge in [0.25, 0.3) is 0 Å². The third-order valence-corrected chi connectivity index (χ3v) is 1.48. The van der Waals surface area contributed by atoms with Crippen molar-refractivity contribution in [2.75, 3.05) is 0 Å². The molecule has 0 bridgehead atoms. The summed E-state index contributed by atoms with van der Waals surface area (Å²) in [6, 6.07) is -1.52. The largest absolute Gasteiger partial charge is 0.395 e. The number of hydrogen-bond donors (Lipinski definition) is 0. The average molecular weight is 185 g/mol. The van der Waals surface area contributed by atoms with Crippen LogP contribution in [0.5, 0.6) is 0 Å². The van der Waals surface area contributed by atoms with Gasteiger partial charge in [0.1, 0.15) is 6.42 Å². The van der Waals surface area contributed by atoms with Crippen molar-refractivity contribution in [3.8, 4) is 0 Å². The van der Waals surface area contributed by atoms with Gasteiger partial charge in [-0.1, -0.05) is 13.8 Å². The minimum Gasteiger partial charge on any atom is -0.264 e. The number of nitrogens with zero attached hydrogens (tertiary/aromatic N) is 1. The van der Waals surface area contributed by atoms with Crippen LogP contribution in [-0.4, -0.2) is 17.1 Å². The molecule has 0 aromatic carbocycles. The molecule has 0 N–H and O–H groups in total. The Labute approximate surface area is 67.7 Å². The van der Waals surface area contributed by atoms with Crippen molar-refractivity contribution < 1.29 is 18.1 Å². The molecule has 0 rings (SSSR count). The van der Waals surface area contributed by atoms with Crippen LogP contribution in [0.3, 0.4) is 0 Å². The topological polar surface area (TPSA) is 43.1 Å². The molecule has 72 valence electrons. The number of rotatable bonds is 3. The molecule has 3 nitrogen and oxygen atoms in total. The van der Waals surface area contributed by atoms with Crippen LogP contribution < -0.4 is 0 Å². The first-order chi connectivity index (χ1) is 5.24. The van der Waals surface area contributed by atoms with Gasteiger partial charge in [-0.25, -0.2) is 0 Å². The number of hydrogen-bond acceptors (Lipinski definition) is 2. The normalized spacial score (nSPS) is 14.8. The molecule has 0 aromatic rings. The monoisotopic (exact) mass is 185 g/mol. The smallest absolute Gasteiger partial charge is 0.264 e. The van der Waals surface area contributed by atoms with E-state index < -0.39 is 29.5 Å². The molecule has 0 aliphatic rings. The maximum absolute atomic E-state index is 11.7. The van der Waals surface area contributed by atoms with Crippen LogP contribution in [0, 0.1) is 16.0 Å². The molecule has 0 radical (unpaired) electrons. The minimum atomic E-state index is -4.46. The molecular formula is C6H10F3NO2. The molecule has 0 aromatic heterocycles. The van der Waals surface area contributed by atoms with Gasteiger partial charge in [-0.3, -0.25) is 10.1 Å². The van der Waals surface area contributed by atoms with E-state index in [4.69, 9.17) is 0 Å². The molecule has 6 heteroatoms. The lowest BCUT2D eigenvalue weighted by Crippen LogP contribution is -2.31. The Hall–Kier alpha value is -0.810. The first kappa shape index (κ1) is 11.2. The molecule has 1 unspecified atom stereocenters. The van der Waals surface area contributed by atoms with Gasteiger partial charge in [0.05, 0.1) is 0 Å². The van der Waals surface area contributed by atoms with Crippen LogP contribution in [0.25, 0.3) is 0 Å². The molecule has 0 spiro atoms. The van der Waals surface area contributed by atoms with Gasteiger partial charge >= 0.3 is 6.18 Å². The summed E-state index contributed by atoms with van der Waals surface area (Å²) in [7, 11) is 0. The van der Waals surface area contributed by atoms with E-state index in [1.807, 2.05) is 0 Å². The Morgan fingerprint density at radius 1 is 1.42 bits per heavy atom. The predicted octanol–water partition coefficient (Wildman–Crippen LogP) is 2.24.